The average Bonchev–Trinajstić information content (AvgIpc) is 2.86. The highest BCUT2D eigenvalue weighted by Crippen LogP contribution is 2.35. The molecular formula is C12H21N3OS. The van der Waals surface area contributed by atoms with E-state index in [0.717, 1.165) is 55.6 Å². The van der Waals surface area contributed by atoms with Crippen LogP contribution in [-0.4, -0.2) is 29.0 Å². The molecule has 0 radical (unpaired) electrons. The number of rotatable bonds is 5. The zero-order chi connectivity index (χ0) is 12.1. The lowest BCUT2D eigenvalue weighted by molar-refractivity contribution is 0.216. The molecule has 96 valence electrons. The summed E-state index contributed by atoms with van der Waals surface area (Å²) in [5.74, 6) is 3.65. The van der Waals surface area contributed by atoms with Crippen molar-refractivity contribution >= 4 is 11.8 Å². The predicted octanol–water partition coefficient (Wildman–Crippen LogP) is 2.35. The molecular weight excluding hydrogens is 234 g/mol. The third-order valence-electron chi connectivity index (χ3n) is 3.59. The summed E-state index contributed by atoms with van der Waals surface area (Å²) in [5.41, 5.74) is 0.118. The second kappa shape index (κ2) is 5.87. The Labute approximate surface area is 107 Å². The highest BCUT2D eigenvalue weighted by molar-refractivity contribution is 7.98. The number of hydrogen-bond acceptors (Lipinski definition) is 5. The maximum Gasteiger partial charge on any atom is 0.232 e. The minimum atomic E-state index is 0.118. The number of thioether (sulfide) groups is 1. The SMILES string of the molecule is CCSCc1noc(C2(CC)CCNCC2)n1. The van der Waals surface area contributed by atoms with Crippen LogP contribution in [0.2, 0.25) is 0 Å². The molecule has 1 aliphatic heterocycles. The lowest BCUT2D eigenvalue weighted by Crippen LogP contribution is -2.39. The Kier molecular flexibility index (Phi) is 4.45. The van der Waals surface area contributed by atoms with E-state index in [0.29, 0.717) is 0 Å². The molecule has 4 nitrogen and oxygen atoms in total. The zero-order valence-electron chi connectivity index (χ0n) is 10.7. The van der Waals surface area contributed by atoms with Crippen LogP contribution in [0.3, 0.4) is 0 Å². The summed E-state index contributed by atoms with van der Waals surface area (Å²) < 4.78 is 5.49. The van der Waals surface area contributed by atoms with Crippen molar-refractivity contribution in [2.24, 2.45) is 0 Å². The lowest BCUT2D eigenvalue weighted by atomic mass is 9.76. The zero-order valence-corrected chi connectivity index (χ0v) is 11.5. The molecule has 0 bridgehead atoms. The maximum atomic E-state index is 5.49. The Hall–Kier alpha value is -0.550. The molecule has 1 aromatic heterocycles. The highest BCUT2D eigenvalue weighted by atomic mass is 32.2. The van der Waals surface area contributed by atoms with Gasteiger partial charge in [0, 0.05) is 0 Å². The van der Waals surface area contributed by atoms with Gasteiger partial charge in [0.1, 0.15) is 0 Å². The molecule has 1 N–H and O–H groups in total. The number of nitrogens with one attached hydrogen (secondary N) is 1. The van der Waals surface area contributed by atoms with Gasteiger partial charge in [-0.1, -0.05) is 19.0 Å². The van der Waals surface area contributed by atoms with Crippen LogP contribution in [0.5, 0.6) is 0 Å². The van der Waals surface area contributed by atoms with E-state index in [-0.39, 0.29) is 5.41 Å². The Morgan fingerprint density at radius 1 is 1.35 bits per heavy atom. The fourth-order valence-corrected chi connectivity index (χ4v) is 2.85. The first kappa shape index (κ1) is 12.9. The Morgan fingerprint density at radius 2 is 2.12 bits per heavy atom. The number of nitrogens with zero attached hydrogens (tertiary/aromatic N) is 2. The van der Waals surface area contributed by atoms with Crippen LogP contribution in [-0.2, 0) is 11.2 Å². The minimum absolute atomic E-state index is 0.118. The molecule has 5 heteroatoms. The van der Waals surface area contributed by atoms with Gasteiger partial charge in [0.2, 0.25) is 5.89 Å². The van der Waals surface area contributed by atoms with E-state index in [9.17, 15) is 0 Å². The van der Waals surface area contributed by atoms with Crippen LogP contribution < -0.4 is 5.32 Å². The third kappa shape index (κ3) is 2.83. The Bertz CT molecular complexity index is 347. The van der Waals surface area contributed by atoms with Gasteiger partial charge in [0.05, 0.1) is 11.2 Å². The van der Waals surface area contributed by atoms with Crippen LogP contribution in [0, 0.1) is 0 Å². The van der Waals surface area contributed by atoms with Gasteiger partial charge in [-0.2, -0.15) is 16.7 Å². The minimum Gasteiger partial charge on any atom is -0.339 e. The van der Waals surface area contributed by atoms with Crippen LogP contribution in [0.4, 0.5) is 0 Å². The van der Waals surface area contributed by atoms with Gasteiger partial charge in [0.25, 0.3) is 0 Å². The van der Waals surface area contributed by atoms with Crippen LogP contribution in [0.25, 0.3) is 0 Å². The standard InChI is InChI=1S/C12H21N3OS/c1-3-12(5-7-13-8-6-12)11-14-10(15-16-11)9-17-4-2/h13H,3-9H2,1-2H3. The van der Waals surface area contributed by atoms with Crippen molar-refractivity contribution in [3.8, 4) is 0 Å². The molecule has 0 spiro atoms. The number of piperidine rings is 1. The number of hydrogen-bond donors (Lipinski definition) is 1. The fourth-order valence-electron chi connectivity index (χ4n) is 2.35. The van der Waals surface area contributed by atoms with E-state index in [1.807, 2.05) is 11.8 Å². The summed E-state index contributed by atoms with van der Waals surface area (Å²) in [6.45, 7) is 6.46. The van der Waals surface area contributed by atoms with Crippen molar-refractivity contribution in [1.29, 1.82) is 0 Å². The van der Waals surface area contributed by atoms with Crippen LogP contribution in [0.1, 0.15) is 44.8 Å². The molecule has 0 aromatic carbocycles. The van der Waals surface area contributed by atoms with Gasteiger partial charge in [-0.15, -0.1) is 0 Å². The van der Waals surface area contributed by atoms with E-state index < -0.39 is 0 Å². The smallest absolute Gasteiger partial charge is 0.232 e. The lowest BCUT2D eigenvalue weighted by Gasteiger charge is -2.33. The second-order valence-corrected chi connectivity index (χ2v) is 5.81. The summed E-state index contributed by atoms with van der Waals surface area (Å²) in [4.78, 5) is 4.59. The quantitative estimate of drug-likeness (QED) is 0.875. The summed E-state index contributed by atoms with van der Waals surface area (Å²) >= 11 is 1.83. The van der Waals surface area contributed by atoms with Gasteiger partial charge < -0.3 is 9.84 Å². The van der Waals surface area contributed by atoms with Crippen molar-refractivity contribution in [1.82, 2.24) is 15.5 Å². The molecule has 17 heavy (non-hydrogen) atoms. The molecule has 1 aromatic rings. The van der Waals surface area contributed by atoms with E-state index in [4.69, 9.17) is 4.52 Å². The molecule has 0 aliphatic carbocycles. The molecule has 1 aliphatic rings. The van der Waals surface area contributed by atoms with Gasteiger partial charge in [0.15, 0.2) is 5.82 Å². The third-order valence-corrected chi connectivity index (χ3v) is 4.47. The largest absolute Gasteiger partial charge is 0.339 e. The molecule has 0 atom stereocenters. The van der Waals surface area contributed by atoms with Crippen molar-refractivity contribution in [3.63, 3.8) is 0 Å². The van der Waals surface area contributed by atoms with E-state index in [1.165, 1.54) is 0 Å². The van der Waals surface area contributed by atoms with Gasteiger partial charge in [-0.05, 0) is 38.1 Å². The highest BCUT2D eigenvalue weighted by Gasteiger charge is 2.37. The monoisotopic (exact) mass is 255 g/mol. The first-order valence-electron chi connectivity index (χ1n) is 6.42. The van der Waals surface area contributed by atoms with Gasteiger partial charge >= 0.3 is 0 Å². The van der Waals surface area contributed by atoms with Crippen LogP contribution in [0.15, 0.2) is 4.52 Å². The average molecular weight is 255 g/mol. The predicted molar refractivity (Wildman–Crippen MR) is 70.2 cm³/mol. The summed E-state index contributed by atoms with van der Waals surface area (Å²) in [6, 6.07) is 0. The Morgan fingerprint density at radius 3 is 2.76 bits per heavy atom. The van der Waals surface area contributed by atoms with Gasteiger partial charge in [-0.25, -0.2) is 0 Å². The maximum absolute atomic E-state index is 5.49. The molecule has 0 saturated carbocycles. The molecule has 1 saturated heterocycles. The van der Waals surface area contributed by atoms with Crippen molar-refractivity contribution in [2.45, 2.75) is 44.3 Å². The number of aromatic nitrogens is 2. The summed E-state index contributed by atoms with van der Waals surface area (Å²) in [7, 11) is 0. The Balaban J connectivity index is 2.10. The molecule has 2 rings (SSSR count). The molecule has 1 fully saturated rings. The first-order valence-corrected chi connectivity index (χ1v) is 7.58. The summed E-state index contributed by atoms with van der Waals surface area (Å²) in [5, 5.41) is 7.49. The topological polar surface area (TPSA) is 51.0 Å². The van der Waals surface area contributed by atoms with Crippen molar-refractivity contribution in [2.75, 3.05) is 18.8 Å². The first-order chi connectivity index (χ1) is 8.30. The van der Waals surface area contributed by atoms with Gasteiger partial charge in [-0.3, -0.25) is 0 Å². The van der Waals surface area contributed by atoms with E-state index in [1.54, 1.807) is 0 Å². The molecule has 0 amide bonds. The normalized spacial score (nSPS) is 19.4. The summed E-state index contributed by atoms with van der Waals surface area (Å²) in [6.07, 6.45) is 3.29. The molecule has 2 heterocycles. The van der Waals surface area contributed by atoms with E-state index in [2.05, 4.69) is 29.3 Å². The van der Waals surface area contributed by atoms with Crippen molar-refractivity contribution in [3.05, 3.63) is 11.7 Å². The fraction of sp³-hybridized carbons (Fsp3) is 0.833. The van der Waals surface area contributed by atoms with Crippen LogP contribution >= 0.6 is 11.8 Å². The van der Waals surface area contributed by atoms with Crippen molar-refractivity contribution < 1.29 is 4.52 Å². The molecule has 0 unspecified atom stereocenters. The van der Waals surface area contributed by atoms with E-state index >= 15 is 0 Å². The second-order valence-electron chi connectivity index (χ2n) is 4.54.